The number of carbonyl (C=O) groups excluding carboxylic acids is 1. The summed E-state index contributed by atoms with van der Waals surface area (Å²) < 4.78 is 18.0. The summed E-state index contributed by atoms with van der Waals surface area (Å²) in [5.74, 6) is -3.23. The number of carboxylic acids is 1. The Balaban J connectivity index is 2.12. The number of halogens is 1. The fraction of sp³-hybridized carbons (Fsp3) is 0.0667. The molecule has 2 rings (SSSR count). The van der Waals surface area contributed by atoms with Crippen LogP contribution in [0, 0.1) is 5.82 Å². The molecular weight excluding hydrogens is 279 g/mol. The van der Waals surface area contributed by atoms with Gasteiger partial charge in [-0.15, -0.1) is 0 Å². The Hall–Kier alpha value is -2.89. The second-order valence-corrected chi connectivity index (χ2v) is 4.30. The van der Waals surface area contributed by atoms with E-state index in [9.17, 15) is 19.1 Å². The summed E-state index contributed by atoms with van der Waals surface area (Å²) in [6.07, 6.45) is 2.19. The van der Waals surface area contributed by atoms with Crippen LogP contribution in [0.15, 0.2) is 47.1 Å². The molecule has 0 saturated heterocycles. The van der Waals surface area contributed by atoms with Crippen molar-refractivity contribution in [3.8, 4) is 0 Å². The minimum absolute atomic E-state index is 0.196. The van der Waals surface area contributed by atoms with Crippen molar-refractivity contribution in [3.63, 3.8) is 0 Å². The highest BCUT2D eigenvalue weighted by atomic mass is 19.1. The normalized spacial score (nSPS) is 11.4. The van der Waals surface area contributed by atoms with Crippen molar-refractivity contribution in [1.82, 2.24) is 0 Å². The third kappa shape index (κ3) is 3.79. The molecule has 0 aliphatic heterocycles. The Morgan fingerprint density at radius 3 is 2.48 bits per heavy atom. The number of rotatable bonds is 5. The fourth-order valence-corrected chi connectivity index (χ4v) is 1.68. The van der Waals surface area contributed by atoms with E-state index in [1.165, 1.54) is 24.5 Å². The zero-order valence-electron chi connectivity index (χ0n) is 10.7. The van der Waals surface area contributed by atoms with E-state index in [0.29, 0.717) is 18.3 Å². The van der Waals surface area contributed by atoms with Gasteiger partial charge in [0.1, 0.15) is 23.6 Å². The molecule has 0 amide bonds. The Morgan fingerprint density at radius 2 is 1.86 bits per heavy atom. The topological polar surface area (TPSA) is 87.7 Å². The first kappa shape index (κ1) is 14.5. The van der Waals surface area contributed by atoms with Gasteiger partial charge in [-0.2, -0.15) is 0 Å². The molecule has 1 aromatic heterocycles. The van der Waals surface area contributed by atoms with Crippen LogP contribution in [-0.4, -0.2) is 22.0 Å². The Labute approximate surface area is 118 Å². The van der Waals surface area contributed by atoms with Crippen LogP contribution >= 0.6 is 0 Å². The maximum atomic E-state index is 12.8. The Kier molecular flexibility index (Phi) is 4.18. The van der Waals surface area contributed by atoms with Gasteiger partial charge in [-0.3, -0.25) is 4.79 Å². The smallest absolute Gasteiger partial charge is 0.376 e. The first-order valence-electron chi connectivity index (χ1n) is 5.96. The molecular formula is C15H11FO5. The first-order valence-corrected chi connectivity index (χ1v) is 5.96. The largest absolute Gasteiger partial charge is 0.507 e. The predicted octanol–water partition coefficient (Wildman–Crippen LogP) is 2.56. The van der Waals surface area contributed by atoms with Gasteiger partial charge in [0.15, 0.2) is 0 Å². The molecule has 21 heavy (non-hydrogen) atoms. The first-order chi connectivity index (χ1) is 9.95. The van der Waals surface area contributed by atoms with Crippen molar-refractivity contribution in [1.29, 1.82) is 0 Å². The van der Waals surface area contributed by atoms with Crippen molar-refractivity contribution in [2.24, 2.45) is 0 Å². The Morgan fingerprint density at radius 1 is 1.19 bits per heavy atom. The van der Waals surface area contributed by atoms with Crippen molar-refractivity contribution in [2.45, 2.75) is 6.42 Å². The second-order valence-electron chi connectivity index (χ2n) is 4.30. The zero-order valence-corrected chi connectivity index (χ0v) is 10.7. The number of aliphatic hydroxyl groups is 1. The molecule has 0 bridgehead atoms. The third-order valence-electron chi connectivity index (χ3n) is 2.72. The lowest BCUT2D eigenvalue weighted by Gasteiger charge is -1.97. The van der Waals surface area contributed by atoms with Gasteiger partial charge in [-0.1, -0.05) is 12.1 Å². The molecule has 5 nitrogen and oxygen atoms in total. The number of hydrogen-bond acceptors (Lipinski definition) is 4. The molecule has 0 fully saturated rings. The second kappa shape index (κ2) is 6.04. The lowest BCUT2D eigenvalue weighted by Crippen LogP contribution is -2.09. The number of furan rings is 1. The minimum atomic E-state index is -1.66. The molecule has 0 radical (unpaired) electrons. The van der Waals surface area contributed by atoms with E-state index in [4.69, 9.17) is 9.52 Å². The molecule has 0 saturated carbocycles. The van der Waals surface area contributed by atoms with Gasteiger partial charge in [-0.25, -0.2) is 9.18 Å². The van der Waals surface area contributed by atoms with Crippen LogP contribution in [0.5, 0.6) is 0 Å². The summed E-state index contributed by atoms with van der Waals surface area (Å²) in [7, 11) is 0. The molecule has 0 atom stereocenters. The molecule has 0 unspecified atom stereocenters. The highest BCUT2D eigenvalue weighted by Gasteiger charge is 2.12. The van der Waals surface area contributed by atoms with Crippen LogP contribution in [0.1, 0.15) is 16.9 Å². The molecule has 1 heterocycles. The van der Waals surface area contributed by atoms with E-state index in [-0.39, 0.29) is 11.4 Å². The van der Waals surface area contributed by atoms with Gasteiger partial charge < -0.3 is 14.6 Å². The maximum absolute atomic E-state index is 12.8. The molecule has 6 heteroatoms. The summed E-state index contributed by atoms with van der Waals surface area (Å²) in [5, 5.41) is 18.1. The van der Waals surface area contributed by atoms with Crippen LogP contribution in [0.2, 0.25) is 0 Å². The van der Waals surface area contributed by atoms with Crippen LogP contribution in [0.25, 0.3) is 5.76 Å². The predicted molar refractivity (Wildman–Crippen MR) is 71.2 cm³/mol. The monoisotopic (exact) mass is 290 g/mol. The van der Waals surface area contributed by atoms with E-state index in [0.717, 1.165) is 5.56 Å². The van der Waals surface area contributed by atoms with Crippen LogP contribution < -0.4 is 0 Å². The summed E-state index contributed by atoms with van der Waals surface area (Å²) in [5.41, 5.74) is 1.00. The number of aliphatic carboxylic acids is 1. The van der Waals surface area contributed by atoms with Gasteiger partial charge in [0.2, 0.25) is 0 Å². The van der Waals surface area contributed by atoms with E-state index in [2.05, 4.69) is 0 Å². The van der Waals surface area contributed by atoms with Crippen molar-refractivity contribution in [3.05, 3.63) is 65.4 Å². The zero-order chi connectivity index (χ0) is 15.4. The molecule has 0 aliphatic rings. The van der Waals surface area contributed by atoms with Crippen molar-refractivity contribution in [2.75, 3.05) is 0 Å². The van der Waals surface area contributed by atoms with Crippen LogP contribution in [0.4, 0.5) is 4.39 Å². The fourth-order valence-electron chi connectivity index (χ4n) is 1.68. The van der Waals surface area contributed by atoms with Crippen LogP contribution in [0.3, 0.4) is 0 Å². The lowest BCUT2D eigenvalue weighted by atomic mass is 10.1. The van der Waals surface area contributed by atoms with Gasteiger partial charge in [0.25, 0.3) is 5.78 Å². The molecule has 0 aliphatic carbocycles. The number of ketones is 1. The van der Waals surface area contributed by atoms with E-state index in [1.807, 2.05) is 0 Å². The van der Waals surface area contributed by atoms with Crippen molar-refractivity contribution < 1.29 is 28.6 Å². The summed E-state index contributed by atoms with van der Waals surface area (Å²) >= 11 is 0. The number of carboxylic acid groups (broad SMARTS) is 1. The SMILES string of the molecule is O=C(O)C(=O)C=C(O)c1coc(Cc2ccc(F)cc2)c1. The number of hydrogen-bond donors (Lipinski definition) is 2. The quantitative estimate of drug-likeness (QED) is 0.502. The van der Waals surface area contributed by atoms with Gasteiger partial charge in [0.05, 0.1) is 5.56 Å². The van der Waals surface area contributed by atoms with Gasteiger partial charge >= 0.3 is 5.97 Å². The maximum Gasteiger partial charge on any atom is 0.376 e. The average Bonchev–Trinajstić information content (AvgIpc) is 2.90. The van der Waals surface area contributed by atoms with E-state index < -0.39 is 17.5 Å². The summed E-state index contributed by atoms with van der Waals surface area (Å²) in [6, 6.07) is 7.32. The van der Waals surface area contributed by atoms with E-state index >= 15 is 0 Å². The number of aliphatic hydroxyl groups excluding tert-OH is 1. The Bertz CT molecular complexity index is 697. The van der Waals surface area contributed by atoms with E-state index in [1.54, 1.807) is 12.1 Å². The molecule has 0 spiro atoms. The molecule has 2 aromatic rings. The number of carbonyl (C=O) groups is 2. The average molecular weight is 290 g/mol. The van der Waals surface area contributed by atoms with Gasteiger partial charge in [-0.05, 0) is 23.8 Å². The summed E-state index contributed by atoms with van der Waals surface area (Å²) in [4.78, 5) is 21.3. The van der Waals surface area contributed by atoms with Crippen molar-refractivity contribution >= 4 is 17.5 Å². The highest BCUT2D eigenvalue weighted by Crippen LogP contribution is 2.18. The van der Waals surface area contributed by atoms with Gasteiger partial charge in [0, 0.05) is 12.5 Å². The lowest BCUT2D eigenvalue weighted by molar-refractivity contribution is -0.146. The standard InChI is InChI=1S/C15H11FO5/c16-11-3-1-9(2-4-11)5-12-6-10(8-21-12)13(17)7-14(18)15(19)20/h1-4,6-8,17H,5H2,(H,19,20). The summed E-state index contributed by atoms with van der Waals surface area (Å²) in [6.45, 7) is 0. The minimum Gasteiger partial charge on any atom is -0.507 e. The number of benzene rings is 1. The third-order valence-corrected chi connectivity index (χ3v) is 2.72. The van der Waals surface area contributed by atoms with Crippen LogP contribution in [-0.2, 0) is 16.0 Å². The molecule has 2 N–H and O–H groups in total. The molecule has 1 aromatic carbocycles. The highest BCUT2D eigenvalue weighted by molar-refractivity contribution is 6.38. The molecule has 108 valence electrons.